The molecule has 0 aromatic heterocycles. The molecule has 4 rings (SSSR count). The maximum atomic E-state index is 13.8. The van der Waals surface area contributed by atoms with Crippen LogP contribution in [-0.2, 0) is 17.8 Å². The fourth-order valence-electron chi connectivity index (χ4n) is 4.39. The Labute approximate surface area is 193 Å². The summed E-state index contributed by atoms with van der Waals surface area (Å²) in [6.45, 7) is 7.44. The fraction of sp³-hybridized carbons (Fsp3) is 0.333. The smallest absolute Gasteiger partial charge is 0.307 e. The average Bonchev–Trinajstić information content (AvgIpc) is 3.12. The normalized spacial score (nSPS) is 12.8. The Morgan fingerprint density at radius 1 is 1.00 bits per heavy atom. The van der Waals surface area contributed by atoms with Gasteiger partial charge in [-0.3, -0.25) is 9.59 Å². The van der Waals surface area contributed by atoms with Gasteiger partial charge in [0.15, 0.2) is 0 Å². The summed E-state index contributed by atoms with van der Waals surface area (Å²) in [6, 6.07) is 13.3. The summed E-state index contributed by atoms with van der Waals surface area (Å²) in [5.74, 6) is 0.340. The molecule has 1 amide bonds. The molecule has 1 heterocycles. The molecule has 0 spiro atoms. The van der Waals surface area contributed by atoms with Crippen LogP contribution in [0.1, 0.15) is 53.7 Å². The molecule has 172 valence electrons. The Bertz CT molecular complexity index is 1220. The van der Waals surface area contributed by atoms with Gasteiger partial charge in [-0.05, 0) is 37.0 Å². The summed E-state index contributed by atoms with van der Waals surface area (Å²) in [4.78, 5) is 26.6. The Kier molecular flexibility index (Phi) is 6.54. The van der Waals surface area contributed by atoms with E-state index in [0.717, 1.165) is 46.2 Å². The second-order valence-corrected chi connectivity index (χ2v) is 8.34. The number of fused-ring (bicyclic) bond motifs is 2. The first-order valence-electron chi connectivity index (χ1n) is 11.4. The van der Waals surface area contributed by atoms with Crippen molar-refractivity contribution in [1.29, 1.82) is 0 Å². The molecule has 0 bridgehead atoms. The Balaban J connectivity index is 1.85. The van der Waals surface area contributed by atoms with E-state index >= 15 is 0 Å². The summed E-state index contributed by atoms with van der Waals surface area (Å²) in [5, 5.41) is 10.9. The van der Waals surface area contributed by atoms with Gasteiger partial charge in [-0.2, -0.15) is 0 Å². The van der Waals surface area contributed by atoms with Crippen molar-refractivity contribution < 1.29 is 24.2 Å². The number of hydrogen-bond donors (Lipinski definition) is 1. The standard InChI is InChI=1S/C27H29NO5/c1-4-12-32-25-19-8-6-7-9-20(19)26(33-13-5-2)24-21(25)16-28(27(24)31)22-11-10-18(14-17(22)3)15-23(29)30/h6-11,14H,4-5,12-13,15-16H2,1-3H3,(H,29,30). The molecule has 1 aliphatic rings. The highest BCUT2D eigenvalue weighted by molar-refractivity contribution is 6.17. The first kappa shape index (κ1) is 22.6. The van der Waals surface area contributed by atoms with Crippen molar-refractivity contribution in [3.8, 4) is 11.5 Å². The van der Waals surface area contributed by atoms with E-state index in [0.29, 0.717) is 36.6 Å². The number of amides is 1. The van der Waals surface area contributed by atoms with Crippen molar-refractivity contribution in [3.63, 3.8) is 0 Å². The van der Waals surface area contributed by atoms with Crippen LogP contribution in [0.3, 0.4) is 0 Å². The highest BCUT2D eigenvalue weighted by Gasteiger charge is 2.37. The third-order valence-corrected chi connectivity index (χ3v) is 5.80. The van der Waals surface area contributed by atoms with E-state index in [1.165, 1.54) is 0 Å². The Morgan fingerprint density at radius 3 is 2.24 bits per heavy atom. The molecule has 3 aromatic rings. The molecule has 0 unspecified atom stereocenters. The number of carboxylic acid groups (broad SMARTS) is 1. The number of rotatable bonds is 9. The lowest BCUT2D eigenvalue weighted by Gasteiger charge is -2.19. The summed E-state index contributed by atoms with van der Waals surface area (Å²) in [5.41, 5.74) is 3.72. The highest BCUT2D eigenvalue weighted by atomic mass is 16.5. The van der Waals surface area contributed by atoms with Crippen LogP contribution in [0.4, 0.5) is 5.69 Å². The van der Waals surface area contributed by atoms with Crippen LogP contribution in [0, 0.1) is 6.92 Å². The predicted octanol–water partition coefficient (Wildman–Crippen LogP) is 5.51. The van der Waals surface area contributed by atoms with E-state index in [1.54, 1.807) is 11.0 Å². The second kappa shape index (κ2) is 9.53. The zero-order valence-electron chi connectivity index (χ0n) is 19.3. The molecule has 0 saturated carbocycles. The molecule has 3 aromatic carbocycles. The monoisotopic (exact) mass is 447 g/mol. The minimum absolute atomic E-state index is 0.0509. The van der Waals surface area contributed by atoms with Crippen molar-refractivity contribution >= 4 is 28.3 Å². The van der Waals surface area contributed by atoms with Crippen LogP contribution in [0.5, 0.6) is 11.5 Å². The van der Waals surface area contributed by atoms with Gasteiger partial charge in [0.1, 0.15) is 11.5 Å². The third kappa shape index (κ3) is 4.25. The summed E-state index contributed by atoms with van der Waals surface area (Å²) < 4.78 is 12.3. The first-order valence-corrected chi connectivity index (χ1v) is 11.4. The molecule has 6 nitrogen and oxygen atoms in total. The van der Waals surface area contributed by atoms with E-state index in [4.69, 9.17) is 14.6 Å². The second-order valence-electron chi connectivity index (χ2n) is 8.34. The third-order valence-electron chi connectivity index (χ3n) is 5.80. The number of nitrogens with zero attached hydrogens (tertiary/aromatic N) is 1. The van der Waals surface area contributed by atoms with E-state index < -0.39 is 5.97 Å². The lowest BCUT2D eigenvalue weighted by atomic mass is 9.99. The van der Waals surface area contributed by atoms with Gasteiger partial charge in [-0.1, -0.05) is 50.2 Å². The molecular weight excluding hydrogens is 418 g/mol. The van der Waals surface area contributed by atoms with E-state index in [2.05, 4.69) is 6.92 Å². The van der Waals surface area contributed by atoms with Crippen LogP contribution < -0.4 is 14.4 Å². The average molecular weight is 448 g/mol. The van der Waals surface area contributed by atoms with Crippen molar-refractivity contribution in [2.45, 2.75) is 46.6 Å². The minimum Gasteiger partial charge on any atom is -0.493 e. The van der Waals surface area contributed by atoms with Gasteiger partial charge < -0.3 is 19.5 Å². The van der Waals surface area contributed by atoms with Crippen LogP contribution in [0.25, 0.3) is 10.8 Å². The van der Waals surface area contributed by atoms with Crippen molar-refractivity contribution in [1.82, 2.24) is 0 Å². The number of aliphatic carboxylic acids is 1. The Morgan fingerprint density at radius 2 is 1.64 bits per heavy atom. The van der Waals surface area contributed by atoms with Crippen LogP contribution in [0.2, 0.25) is 0 Å². The number of aryl methyl sites for hydroxylation is 1. The van der Waals surface area contributed by atoms with Gasteiger partial charge in [0, 0.05) is 22.0 Å². The van der Waals surface area contributed by atoms with Gasteiger partial charge in [0.05, 0.1) is 31.7 Å². The molecule has 0 radical (unpaired) electrons. The number of ether oxygens (including phenoxy) is 2. The number of carbonyl (C=O) groups is 2. The maximum absolute atomic E-state index is 13.8. The highest BCUT2D eigenvalue weighted by Crippen LogP contribution is 2.46. The summed E-state index contributed by atoms with van der Waals surface area (Å²) >= 11 is 0. The van der Waals surface area contributed by atoms with Crippen LogP contribution in [0.15, 0.2) is 42.5 Å². The Hall–Kier alpha value is -3.54. The predicted molar refractivity (Wildman–Crippen MR) is 129 cm³/mol. The zero-order chi connectivity index (χ0) is 23.5. The van der Waals surface area contributed by atoms with Crippen molar-refractivity contribution in [2.75, 3.05) is 18.1 Å². The van der Waals surface area contributed by atoms with Crippen molar-refractivity contribution in [3.05, 3.63) is 64.7 Å². The van der Waals surface area contributed by atoms with Gasteiger partial charge in [-0.15, -0.1) is 0 Å². The van der Waals surface area contributed by atoms with Crippen LogP contribution in [-0.4, -0.2) is 30.2 Å². The summed E-state index contributed by atoms with van der Waals surface area (Å²) in [6.07, 6.45) is 1.64. The molecule has 0 fully saturated rings. The number of carboxylic acids is 1. The molecule has 0 atom stereocenters. The number of anilines is 1. The SMILES string of the molecule is CCCOc1c2c(c(OCCC)c3ccccc13)C(=O)N(c1ccc(CC(=O)O)cc1C)C2. The van der Waals surface area contributed by atoms with Crippen LogP contribution >= 0.6 is 0 Å². The van der Waals surface area contributed by atoms with Gasteiger partial charge in [0.25, 0.3) is 5.91 Å². The van der Waals surface area contributed by atoms with Gasteiger partial charge in [0.2, 0.25) is 0 Å². The molecule has 6 heteroatoms. The topological polar surface area (TPSA) is 76.1 Å². The molecular formula is C27H29NO5. The van der Waals surface area contributed by atoms with Crippen molar-refractivity contribution in [2.24, 2.45) is 0 Å². The van der Waals surface area contributed by atoms with E-state index in [1.807, 2.05) is 50.2 Å². The molecule has 0 saturated heterocycles. The van der Waals surface area contributed by atoms with Gasteiger partial charge >= 0.3 is 5.97 Å². The van der Waals surface area contributed by atoms with E-state index in [-0.39, 0.29) is 12.3 Å². The lowest BCUT2D eigenvalue weighted by molar-refractivity contribution is -0.136. The molecule has 1 N–H and O–H groups in total. The molecule has 1 aliphatic heterocycles. The largest absolute Gasteiger partial charge is 0.493 e. The van der Waals surface area contributed by atoms with Gasteiger partial charge in [-0.25, -0.2) is 0 Å². The number of hydrogen-bond acceptors (Lipinski definition) is 4. The minimum atomic E-state index is -0.881. The zero-order valence-corrected chi connectivity index (χ0v) is 19.3. The quantitative estimate of drug-likeness (QED) is 0.468. The molecule has 0 aliphatic carbocycles. The molecule has 33 heavy (non-hydrogen) atoms. The number of benzene rings is 3. The van der Waals surface area contributed by atoms with E-state index in [9.17, 15) is 9.59 Å². The summed E-state index contributed by atoms with van der Waals surface area (Å²) in [7, 11) is 0. The fourth-order valence-corrected chi connectivity index (χ4v) is 4.39. The first-order chi connectivity index (χ1) is 16.0. The number of carbonyl (C=O) groups excluding carboxylic acids is 1. The lowest BCUT2D eigenvalue weighted by Crippen LogP contribution is -2.24. The maximum Gasteiger partial charge on any atom is 0.307 e.